The second-order valence-corrected chi connectivity index (χ2v) is 4.50. The van der Waals surface area contributed by atoms with Crippen molar-refractivity contribution in [2.24, 2.45) is 0 Å². The molecule has 74 valence electrons. The fourth-order valence-electron chi connectivity index (χ4n) is 1.40. The molecule has 1 aromatic rings. The lowest BCUT2D eigenvalue weighted by molar-refractivity contribution is 0.590. The highest BCUT2D eigenvalue weighted by Gasteiger charge is 2.13. The molecule has 0 N–H and O–H groups in total. The van der Waals surface area contributed by atoms with Gasteiger partial charge in [-0.25, -0.2) is 0 Å². The third kappa shape index (κ3) is 2.14. The van der Waals surface area contributed by atoms with Gasteiger partial charge in [-0.2, -0.15) is 0 Å². The van der Waals surface area contributed by atoms with Crippen LogP contribution in [0.25, 0.3) is 12.2 Å². The quantitative estimate of drug-likeness (QED) is 0.647. The zero-order valence-corrected chi connectivity index (χ0v) is 9.30. The smallest absolute Gasteiger partial charge is 0.0132 e. The second kappa shape index (κ2) is 3.83. The normalized spacial score (nSPS) is 11.1. The van der Waals surface area contributed by atoms with Gasteiger partial charge in [-0.3, -0.25) is 0 Å². The van der Waals surface area contributed by atoms with Gasteiger partial charge in [0.2, 0.25) is 0 Å². The summed E-state index contributed by atoms with van der Waals surface area (Å²) in [7, 11) is 0. The molecule has 0 fully saturated rings. The van der Waals surface area contributed by atoms with E-state index in [1.807, 2.05) is 12.2 Å². The zero-order valence-electron chi connectivity index (χ0n) is 9.30. The van der Waals surface area contributed by atoms with Crippen LogP contribution >= 0.6 is 0 Å². The minimum atomic E-state index is 0.192. The van der Waals surface area contributed by atoms with Crippen LogP contribution in [0.5, 0.6) is 0 Å². The van der Waals surface area contributed by atoms with Gasteiger partial charge in [0, 0.05) is 0 Å². The molecule has 0 aliphatic carbocycles. The molecule has 0 nitrogen and oxygen atoms in total. The van der Waals surface area contributed by atoms with E-state index >= 15 is 0 Å². The monoisotopic (exact) mass is 186 g/mol. The second-order valence-electron chi connectivity index (χ2n) is 4.50. The molecule has 1 rings (SSSR count). The summed E-state index contributed by atoms with van der Waals surface area (Å²) in [6.07, 6.45) is 3.75. The van der Waals surface area contributed by atoms with Crippen molar-refractivity contribution in [3.05, 3.63) is 48.0 Å². The van der Waals surface area contributed by atoms with Gasteiger partial charge in [0.25, 0.3) is 0 Å². The van der Waals surface area contributed by atoms with Crippen molar-refractivity contribution in [1.82, 2.24) is 0 Å². The van der Waals surface area contributed by atoms with E-state index in [-0.39, 0.29) is 5.41 Å². The Balaban J connectivity index is 3.27. The van der Waals surface area contributed by atoms with E-state index in [0.29, 0.717) is 0 Å². The molecule has 1 aromatic carbocycles. The van der Waals surface area contributed by atoms with Crippen LogP contribution in [-0.2, 0) is 5.41 Å². The molecular weight excluding hydrogens is 168 g/mol. The molecule has 0 radical (unpaired) electrons. The molecule has 0 bridgehead atoms. The Labute approximate surface area is 87.0 Å². The molecule has 0 aliphatic heterocycles. The number of rotatable bonds is 2. The van der Waals surface area contributed by atoms with Crippen LogP contribution < -0.4 is 0 Å². The predicted octanol–water partition coefficient (Wildman–Crippen LogP) is 4.27. The highest BCUT2D eigenvalue weighted by Crippen LogP contribution is 2.25. The molecule has 0 aromatic heterocycles. The fraction of sp³-hybridized carbons (Fsp3) is 0.286. The molecule has 0 saturated carbocycles. The van der Waals surface area contributed by atoms with Gasteiger partial charge in [0.05, 0.1) is 0 Å². The third-order valence-corrected chi connectivity index (χ3v) is 2.39. The standard InChI is InChI=1S/C14H18/c1-6-11-8-9-13(14(3,4)5)10-12(11)7-2/h6-10H,1-2H2,3-5H3. The first kappa shape index (κ1) is 10.8. The molecule has 0 heterocycles. The minimum absolute atomic E-state index is 0.192. The van der Waals surface area contributed by atoms with Gasteiger partial charge in [-0.1, -0.05) is 64.3 Å². The summed E-state index contributed by atoms with van der Waals surface area (Å²) in [5, 5.41) is 0. The zero-order chi connectivity index (χ0) is 10.8. The van der Waals surface area contributed by atoms with Crippen LogP contribution in [0.2, 0.25) is 0 Å². The fourth-order valence-corrected chi connectivity index (χ4v) is 1.40. The highest BCUT2D eigenvalue weighted by atomic mass is 14.2. The van der Waals surface area contributed by atoms with Crippen LogP contribution in [0.3, 0.4) is 0 Å². The molecule has 0 heteroatoms. The van der Waals surface area contributed by atoms with Crippen LogP contribution in [0.15, 0.2) is 31.4 Å². The van der Waals surface area contributed by atoms with Gasteiger partial charge < -0.3 is 0 Å². The number of hydrogen-bond donors (Lipinski definition) is 0. The van der Waals surface area contributed by atoms with E-state index in [4.69, 9.17) is 0 Å². The van der Waals surface area contributed by atoms with Gasteiger partial charge in [0.1, 0.15) is 0 Å². The van der Waals surface area contributed by atoms with Crippen molar-refractivity contribution < 1.29 is 0 Å². The summed E-state index contributed by atoms with van der Waals surface area (Å²) in [5.74, 6) is 0. The average Bonchev–Trinajstić information content (AvgIpc) is 2.15. The Morgan fingerprint density at radius 2 is 1.57 bits per heavy atom. The van der Waals surface area contributed by atoms with E-state index < -0.39 is 0 Å². The molecular formula is C14H18. The van der Waals surface area contributed by atoms with Crippen LogP contribution in [0.1, 0.15) is 37.5 Å². The van der Waals surface area contributed by atoms with E-state index in [2.05, 4.69) is 52.1 Å². The number of hydrogen-bond acceptors (Lipinski definition) is 0. The summed E-state index contributed by atoms with van der Waals surface area (Å²) in [6, 6.07) is 6.44. The summed E-state index contributed by atoms with van der Waals surface area (Å²) in [4.78, 5) is 0. The van der Waals surface area contributed by atoms with E-state index in [1.165, 1.54) is 5.56 Å². The van der Waals surface area contributed by atoms with Crippen molar-refractivity contribution in [2.45, 2.75) is 26.2 Å². The Bertz CT molecular complexity index is 351. The molecule has 0 spiro atoms. The lowest BCUT2D eigenvalue weighted by atomic mass is 9.85. The first-order valence-corrected chi connectivity index (χ1v) is 4.88. The average molecular weight is 186 g/mol. The Hall–Kier alpha value is -1.30. The first-order valence-electron chi connectivity index (χ1n) is 4.88. The number of benzene rings is 1. The Morgan fingerprint density at radius 1 is 1.00 bits per heavy atom. The summed E-state index contributed by atoms with van der Waals surface area (Å²) in [5.41, 5.74) is 3.83. The summed E-state index contributed by atoms with van der Waals surface area (Å²) < 4.78 is 0. The largest absolute Gasteiger partial charge is 0.0984 e. The maximum atomic E-state index is 3.81. The van der Waals surface area contributed by atoms with Crippen LogP contribution in [0.4, 0.5) is 0 Å². The van der Waals surface area contributed by atoms with E-state index in [9.17, 15) is 0 Å². The predicted molar refractivity (Wildman–Crippen MR) is 65.3 cm³/mol. The van der Waals surface area contributed by atoms with Gasteiger partial charge in [-0.05, 0) is 22.1 Å². The maximum Gasteiger partial charge on any atom is -0.0132 e. The SMILES string of the molecule is C=Cc1ccc(C(C)(C)C)cc1C=C. The molecule has 0 atom stereocenters. The molecule has 0 unspecified atom stereocenters. The molecule has 14 heavy (non-hydrogen) atoms. The first-order chi connectivity index (χ1) is 6.49. The topological polar surface area (TPSA) is 0 Å². The minimum Gasteiger partial charge on any atom is -0.0984 e. The van der Waals surface area contributed by atoms with E-state index in [1.54, 1.807) is 0 Å². The highest BCUT2D eigenvalue weighted by molar-refractivity contribution is 5.64. The van der Waals surface area contributed by atoms with Gasteiger partial charge in [0.15, 0.2) is 0 Å². The molecule has 0 amide bonds. The van der Waals surface area contributed by atoms with Crippen molar-refractivity contribution in [1.29, 1.82) is 0 Å². The van der Waals surface area contributed by atoms with E-state index in [0.717, 1.165) is 11.1 Å². The van der Waals surface area contributed by atoms with Crippen molar-refractivity contribution in [3.8, 4) is 0 Å². The van der Waals surface area contributed by atoms with Crippen molar-refractivity contribution >= 4 is 12.2 Å². The van der Waals surface area contributed by atoms with Crippen molar-refractivity contribution in [2.75, 3.05) is 0 Å². The maximum absolute atomic E-state index is 3.81. The third-order valence-electron chi connectivity index (χ3n) is 2.39. The molecule has 0 saturated heterocycles. The van der Waals surface area contributed by atoms with Crippen molar-refractivity contribution in [3.63, 3.8) is 0 Å². The molecule has 0 aliphatic rings. The Morgan fingerprint density at radius 3 is 2.00 bits per heavy atom. The lowest BCUT2D eigenvalue weighted by Gasteiger charge is -2.20. The van der Waals surface area contributed by atoms with Gasteiger partial charge in [-0.15, -0.1) is 0 Å². The lowest BCUT2D eigenvalue weighted by Crippen LogP contribution is -2.11. The van der Waals surface area contributed by atoms with Crippen LogP contribution in [-0.4, -0.2) is 0 Å². The van der Waals surface area contributed by atoms with Crippen LogP contribution in [0, 0.1) is 0 Å². The van der Waals surface area contributed by atoms with Gasteiger partial charge >= 0.3 is 0 Å². The summed E-state index contributed by atoms with van der Waals surface area (Å²) in [6.45, 7) is 14.2. The summed E-state index contributed by atoms with van der Waals surface area (Å²) >= 11 is 0. The Kier molecular flexibility index (Phi) is 2.95.